The SMILES string of the molecule is CC(=O)N[C@H](C(=O)NCCOc1ccc(C)cc1)C(C)C. The summed E-state index contributed by atoms with van der Waals surface area (Å²) in [6.45, 7) is 7.99. The number of aryl methyl sites for hydroxylation is 1. The second-order valence-electron chi connectivity index (χ2n) is 5.37. The summed E-state index contributed by atoms with van der Waals surface area (Å²) in [4.78, 5) is 23.1. The van der Waals surface area contributed by atoms with Gasteiger partial charge in [-0.1, -0.05) is 31.5 Å². The van der Waals surface area contributed by atoms with Gasteiger partial charge in [0.2, 0.25) is 11.8 Å². The lowest BCUT2D eigenvalue weighted by Crippen LogP contribution is -2.49. The maximum Gasteiger partial charge on any atom is 0.242 e. The van der Waals surface area contributed by atoms with E-state index >= 15 is 0 Å². The van der Waals surface area contributed by atoms with Crippen LogP contribution in [0.25, 0.3) is 0 Å². The van der Waals surface area contributed by atoms with Crippen molar-refractivity contribution in [1.82, 2.24) is 10.6 Å². The van der Waals surface area contributed by atoms with Crippen molar-refractivity contribution < 1.29 is 14.3 Å². The molecule has 0 saturated carbocycles. The highest BCUT2D eigenvalue weighted by Gasteiger charge is 2.22. The van der Waals surface area contributed by atoms with Gasteiger partial charge in [0.05, 0.1) is 6.54 Å². The van der Waals surface area contributed by atoms with Crippen molar-refractivity contribution in [2.24, 2.45) is 5.92 Å². The Labute approximate surface area is 126 Å². The van der Waals surface area contributed by atoms with Gasteiger partial charge in [-0.05, 0) is 25.0 Å². The minimum absolute atomic E-state index is 0.0342. The molecule has 0 fully saturated rings. The monoisotopic (exact) mass is 292 g/mol. The number of amides is 2. The Hall–Kier alpha value is -2.04. The lowest BCUT2D eigenvalue weighted by atomic mass is 10.0. The Kier molecular flexibility index (Phi) is 6.72. The van der Waals surface area contributed by atoms with Gasteiger partial charge < -0.3 is 15.4 Å². The highest BCUT2D eigenvalue weighted by atomic mass is 16.5. The number of ether oxygens (including phenoxy) is 1. The zero-order chi connectivity index (χ0) is 15.8. The third-order valence-corrected chi connectivity index (χ3v) is 3.00. The maximum absolute atomic E-state index is 12.0. The molecule has 0 aliphatic carbocycles. The van der Waals surface area contributed by atoms with Gasteiger partial charge in [0.15, 0.2) is 0 Å². The van der Waals surface area contributed by atoms with Crippen molar-refractivity contribution in [2.75, 3.05) is 13.2 Å². The van der Waals surface area contributed by atoms with E-state index in [9.17, 15) is 9.59 Å². The minimum Gasteiger partial charge on any atom is -0.492 e. The Balaban J connectivity index is 2.34. The zero-order valence-electron chi connectivity index (χ0n) is 13.1. The second kappa shape index (κ2) is 8.29. The number of benzene rings is 1. The summed E-state index contributed by atoms with van der Waals surface area (Å²) in [6.07, 6.45) is 0. The molecule has 1 aromatic carbocycles. The van der Waals surface area contributed by atoms with Crippen LogP contribution in [0.1, 0.15) is 26.3 Å². The molecule has 0 spiro atoms. The second-order valence-corrected chi connectivity index (χ2v) is 5.37. The smallest absolute Gasteiger partial charge is 0.242 e. The van der Waals surface area contributed by atoms with Crippen LogP contribution in [0.2, 0.25) is 0 Å². The molecule has 1 atom stereocenters. The van der Waals surface area contributed by atoms with Gasteiger partial charge in [0, 0.05) is 6.92 Å². The van der Waals surface area contributed by atoms with E-state index in [4.69, 9.17) is 4.74 Å². The van der Waals surface area contributed by atoms with Crippen molar-refractivity contribution in [2.45, 2.75) is 33.7 Å². The predicted molar refractivity (Wildman–Crippen MR) is 82.1 cm³/mol. The summed E-state index contributed by atoms with van der Waals surface area (Å²) in [6, 6.07) is 7.22. The highest BCUT2D eigenvalue weighted by molar-refractivity contribution is 5.86. The first-order chi connectivity index (χ1) is 9.90. The molecule has 0 bridgehead atoms. The number of hydrogen-bond acceptors (Lipinski definition) is 3. The molecule has 0 aromatic heterocycles. The van der Waals surface area contributed by atoms with E-state index in [0.29, 0.717) is 13.2 Å². The first kappa shape index (κ1) is 17.0. The molecule has 1 rings (SSSR count). The van der Waals surface area contributed by atoms with Gasteiger partial charge in [0.25, 0.3) is 0 Å². The van der Waals surface area contributed by atoms with Crippen LogP contribution < -0.4 is 15.4 Å². The Bertz CT molecular complexity index is 469. The molecule has 0 radical (unpaired) electrons. The Morgan fingerprint density at radius 3 is 2.33 bits per heavy atom. The molecule has 0 aliphatic rings. The van der Waals surface area contributed by atoms with Crippen molar-refractivity contribution in [3.05, 3.63) is 29.8 Å². The molecule has 0 heterocycles. The number of carbonyl (C=O) groups is 2. The molecular formula is C16H24N2O3. The van der Waals surface area contributed by atoms with E-state index in [1.165, 1.54) is 12.5 Å². The number of nitrogens with one attached hydrogen (secondary N) is 2. The topological polar surface area (TPSA) is 67.4 Å². The fraction of sp³-hybridized carbons (Fsp3) is 0.500. The Morgan fingerprint density at radius 2 is 1.81 bits per heavy atom. The van der Waals surface area contributed by atoms with Gasteiger partial charge >= 0.3 is 0 Å². The van der Waals surface area contributed by atoms with E-state index in [1.54, 1.807) is 0 Å². The summed E-state index contributed by atoms with van der Waals surface area (Å²) in [5, 5.41) is 5.42. The van der Waals surface area contributed by atoms with E-state index < -0.39 is 6.04 Å². The average Bonchev–Trinajstić information content (AvgIpc) is 2.42. The molecule has 0 unspecified atom stereocenters. The van der Waals surface area contributed by atoms with Crippen LogP contribution in [0.4, 0.5) is 0 Å². The molecule has 0 saturated heterocycles. The van der Waals surface area contributed by atoms with Crippen LogP contribution >= 0.6 is 0 Å². The lowest BCUT2D eigenvalue weighted by Gasteiger charge is -2.20. The van der Waals surface area contributed by atoms with Gasteiger partial charge in [-0.15, -0.1) is 0 Å². The van der Waals surface area contributed by atoms with E-state index in [-0.39, 0.29) is 17.7 Å². The van der Waals surface area contributed by atoms with Crippen LogP contribution in [0.3, 0.4) is 0 Å². The van der Waals surface area contributed by atoms with Crippen LogP contribution in [-0.2, 0) is 9.59 Å². The quantitative estimate of drug-likeness (QED) is 0.751. The minimum atomic E-state index is -0.512. The van der Waals surface area contributed by atoms with Crippen molar-refractivity contribution in [3.8, 4) is 5.75 Å². The van der Waals surface area contributed by atoms with Gasteiger partial charge in [-0.25, -0.2) is 0 Å². The molecular weight excluding hydrogens is 268 g/mol. The van der Waals surface area contributed by atoms with Crippen molar-refractivity contribution >= 4 is 11.8 Å². The van der Waals surface area contributed by atoms with Crippen LogP contribution in [-0.4, -0.2) is 31.0 Å². The molecule has 2 N–H and O–H groups in total. The standard InChI is InChI=1S/C16H24N2O3/c1-11(2)15(18-13(4)19)16(20)17-9-10-21-14-7-5-12(3)6-8-14/h5-8,11,15H,9-10H2,1-4H3,(H,17,20)(H,18,19)/t15-/m0/s1. The first-order valence-electron chi connectivity index (χ1n) is 7.14. The molecule has 2 amide bonds. The molecule has 0 aliphatic heterocycles. The third-order valence-electron chi connectivity index (χ3n) is 3.00. The lowest BCUT2D eigenvalue weighted by molar-refractivity contribution is -0.129. The normalized spacial score (nSPS) is 11.9. The predicted octanol–water partition coefficient (Wildman–Crippen LogP) is 1.65. The summed E-state index contributed by atoms with van der Waals surface area (Å²) >= 11 is 0. The summed E-state index contributed by atoms with van der Waals surface area (Å²) in [7, 11) is 0. The number of rotatable bonds is 7. The van der Waals surface area contributed by atoms with Crippen molar-refractivity contribution in [3.63, 3.8) is 0 Å². The molecule has 21 heavy (non-hydrogen) atoms. The Morgan fingerprint density at radius 1 is 1.19 bits per heavy atom. The van der Waals surface area contributed by atoms with E-state index in [0.717, 1.165) is 5.75 Å². The summed E-state index contributed by atoms with van der Waals surface area (Å²) in [5.41, 5.74) is 1.17. The van der Waals surface area contributed by atoms with Crippen LogP contribution in [0.15, 0.2) is 24.3 Å². The summed E-state index contributed by atoms with van der Waals surface area (Å²) < 4.78 is 5.53. The average molecular weight is 292 g/mol. The summed E-state index contributed by atoms with van der Waals surface area (Å²) in [5.74, 6) is 0.413. The third kappa shape index (κ3) is 6.29. The molecule has 116 valence electrons. The highest BCUT2D eigenvalue weighted by Crippen LogP contribution is 2.10. The van der Waals surface area contributed by atoms with E-state index in [1.807, 2.05) is 45.0 Å². The molecule has 5 heteroatoms. The van der Waals surface area contributed by atoms with Crippen LogP contribution in [0.5, 0.6) is 5.75 Å². The number of hydrogen-bond donors (Lipinski definition) is 2. The number of carbonyl (C=O) groups excluding carboxylic acids is 2. The maximum atomic E-state index is 12.0. The van der Waals surface area contributed by atoms with E-state index in [2.05, 4.69) is 10.6 Å². The van der Waals surface area contributed by atoms with Crippen molar-refractivity contribution in [1.29, 1.82) is 0 Å². The molecule has 1 aromatic rings. The van der Waals surface area contributed by atoms with Crippen LogP contribution in [0, 0.1) is 12.8 Å². The molecule has 5 nitrogen and oxygen atoms in total. The fourth-order valence-corrected chi connectivity index (χ4v) is 1.84. The fourth-order valence-electron chi connectivity index (χ4n) is 1.84. The van der Waals surface area contributed by atoms with Gasteiger partial charge in [-0.3, -0.25) is 9.59 Å². The van der Waals surface area contributed by atoms with Gasteiger partial charge in [-0.2, -0.15) is 0 Å². The first-order valence-corrected chi connectivity index (χ1v) is 7.14. The zero-order valence-corrected chi connectivity index (χ0v) is 13.1. The largest absolute Gasteiger partial charge is 0.492 e. The van der Waals surface area contributed by atoms with Gasteiger partial charge in [0.1, 0.15) is 18.4 Å².